The second-order valence-corrected chi connectivity index (χ2v) is 4.66. The van der Waals surface area contributed by atoms with Crippen LogP contribution in [0, 0.1) is 0 Å². The minimum absolute atomic E-state index is 0.613. The number of rotatable bonds is 2. The summed E-state index contributed by atoms with van der Waals surface area (Å²) in [6.45, 7) is 6.59. The molecular weight excluding hydrogens is 176 g/mol. The predicted octanol–water partition coefficient (Wildman–Crippen LogP) is 4.09. The summed E-state index contributed by atoms with van der Waals surface area (Å²) in [5.41, 5.74) is 1.41. The third-order valence-corrected chi connectivity index (χ3v) is 3.32. The second-order valence-electron chi connectivity index (χ2n) is 2.95. The average molecular weight is 189 g/mol. The van der Waals surface area contributed by atoms with E-state index in [1.54, 1.807) is 11.3 Å². The Balaban J connectivity index is 3.02. The largest absolute Gasteiger partial charge is 0.128 e. The molecule has 0 radical (unpaired) electrons. The zero-order chi connectivity index (χ0) is 8.43. The molecule has 0 fully saturated rings. The molecule has 0 aliphatic heterocycles. The fourth-order valence-electron chi connectivity index (χ4n) is 1.17. The number of hydrogen-bond acceptors (Lipinski definition) is 1. The van der Waals surface area contributed by atoms with Gasteiger partial charge in [0.15, 0.2) is 0 Å². The molecule has 0 amide bonds. The van der Waals surface area contributed by atoms with Gasteiger partial charge in [-0.05, 0) is 24.0 Å². The monoisotopic (exact) mass is 188 g/mol. The number of hydrogen-bond donors (Lipinski definition) is 0. The zero-order valence-corrected chi connectivity index (χ0v) is 8.72. The molecule has 1 heterocycles. The summed E-state index contributed by atoms with van der Waals surface area (Å²) in [5.74, 6) is 0.613. The van der Waals surface area contributed by atoms with Crippen molar-refractivity contribution in [3.63, 3.8) is 0 Å². The minimum atomic E-state index is 0.613. The summed E-state index contributed by atoms with van der Waals surface area (Å²) < 4.78 is 0.922. The highest BCUT2D eigenvalue weighted by atomic mass is 35.5. The van der Waals surface area contributed by atoms with Crippen molar-refractivity contribution in [1.82, 2.24) is 0 Å². The highest BCUT2D eigenvalue weighted by Crippen LogP contribution is 2.32. The van der Waals surface area contributed by atoms with Crippen molar-refractivity contribution < 1.29 is 0 Å². The Morgan fingerprint density at radius 2 is 2.18 bits per heavy atom. The first-order chi connectivity index (χ1) is 5.15. The fraction of sp³-hybridized carbons (Fsp3) is 0.556. The predicted molar refractivity (Wildman–Crippen MR) is 52.8 cm³/mol. The molecule has 0 atom stereocenters. The molecule has 1 aromatic heterocycles. The van der Waals surface area contributed by atoms with Crippen LogP contribution in [0.3, 0.4) is 0 Å². The number of thiophene rings is 1. The molecule has 62 valence electrons. The van der Waals surface area contributed by atoms with Gasteiger partial charge in [-0.1, -0.05) is 32.4 Å². The van der Waals surface area contributed by atoms with E-state index in [0.29, 0.717) is 5.92 Å². The van der Waals surface area contributed by atoms with Crippen molar-refractivity contribution in [2.24, 2.45) is 0 Å². The Hall–Kier alpha value is -0.0100. The maximum Gasteiger partial charge on any atom is 0.0934 e. The highest BCUT2D eigenvalue weighted by Gasteiger charge is 2.08. The first-order valence-corrected chi connectivity index (χ1v) is 5.12. The molecule has 0 unspecified atom stereocenters. The van der Waals surface area contributed by atoms with Gasteiger partial charge in [0.25, 0.3) is 0 Å². The molecule has 0 nitrogen and oxygen atoms in total. The Labute approximate surface area is 77.2 Å². The van der Waals surface area contributed by atoms with Crippen LogP contribution in [0.25, 0.3) is 0 Å². The lowest BCUT2D eigenvalue weighted by atomic mass is 10.1. The van der Waals surface area contributed by atoms with Crippen LogP contribution < -0.4 is 0 Å². The number of halogens is 1. The molecule has 1 aromatic rings. The van der Waals surface area contributed by atoms with Gasteiger partial charge in [-0.25, -0.2) is 0 Å². The van der Waals surface area contributed by atoms with Gasteiger partial charge in [-0.2, -0.15) is 0 Å². The summed E-state index contributed by atoms with van der Waals surface area (Å²) >= 11 is 7.62. The van der Waals surface area contributed by atoms with E-state index in [4.69, 9.17) is 11.6 Å². The first-order valence-electron chi connectivity index (χ1n) is 3.93. The lowest BCUT2D eigenvalue weighted by molar-refractivity contribution is 0.870. The van der Waals surface area contributed by atoms with Crippen LogP contribution in [-0.4, -0.2) is 0 Å². The second kappa shape index (κ2) is 3.59. The highest BCUT2D eigenvalue weighted by molar-refractivity contribution is 7.16. The summed E-state index contributed by atoms with van der Waals surface area (Å²) in [6.07, 6.45) is 1.09. The van der Waals surface area contributed by atoms with E-state index in [9.17, 15) is 0 Å². The molecule has 11 heavy (non-hydrogen) atoms. The van der Waals surface area contributed by atoms with Crippen LogP contribution in [0.2, 0.25) is 4.34 Å². The molecule has 0 aliphatic rings. The quantitative estimate of drug-likeness (QED) is 0.656. The van der Waals surface area contributed by atoms with Crippen LogP contribution in [-0.2, 0) is 6.42 Å². The molecule has 1 rings (SSSR count). The lowest BCUT2D eigenvalue weighted by Gasteiger charge is -2.02. The van der Waals surface area contributed by atoms with Gasteiger partial charge in [0.1, 0.15) is 0 Å². The van der Waals surface area contributed by atoms with Crippen molar-refractivity contribution in [2.75, 3.05) is 0 Å². The van der Waals surface area contributed by atoms with Crippen LogP contribution >= 0.6 is 22.9 Å². The third-order valence-electron chi connectivity index (χ3n) is 1.72. The van der Waals surface area contributed by atoms with E-state index in [-0.39, 0.29) is 0 Å². The zero-order valence-electron chi connectivity index (χ0n) is 7.15. The van der Waals surface area contributed by atoms with Crippen molar-refractivity contribution in [3.8, 4) is 0 Å². The van der Waals surface area contributed by atoms with E-state index in [1.807, 2.05) is 0 Å². The van der Waals surface area contributed by atoms with E-state index in [2.05, 4.69) is 26.8 Å². The Bertz CT molecular complexity index is 238. The van der Waals surface area contributed by atoms with Crippen molar-refractivity contribution >= 4 is 22.9 Å². The molecular formula is C9H13ClS. The Morgan fingerprint density at radius 3 is 2.55 bits per heavy atom. The standard InChI is InChI=1S/C9H13ClS/c1-4-7-5-8(10)11-9(7)6(2)3/h5-6H,4H2,1-3H3. The molecule has 0 aromatic carbocycles. The van der Waals surface area contributed by atoms with E-state index in [0.717, 1.165) is 10.8 Å². The topological polar surface area (TPSA) is 0 Å². The third kappa shape index (κ3) is 1.97. The van der Waals surface area contributed by atoms with E-state index < -0.39 is 0 Å². The fourth-order valence-corrected chi connectivity index (χ4v) is 2.54. The molecule has 0 saturated heterocycles. The molecule has 0 spiro atoms. The van der Waals surface area contributed by atoms with Crippen molar-refractivity contribution in [3.05, 3.63) is 20.8 Å². The molecule has 0 bridgehead atoms. The van der Waals surface area contributed by atoms with Gasteiger partial charge in [-0.3, -0.25) is 0 Å². The van der Waals surface area contributed by atoms with Crippen molar-refractivity contribution in [1.29, 1.82) is 0 Å². The van der Waals surface area contributed by atoms with Gasteiger partial charge in [-0.15, -0.1) is 11.3 Å². The molecule has 2 heteroatoms. The van der Waals surface area contributed by atoms with Crippen LogP contribution in [0.15, 0.2) is 6.07 Å². The van der Waals surface area contributed by atoms with Gasteiger partial charge < -0.3 is 0 Å². The van der Waals surface area contributed by atoms with Crippen LogP contribution in [0.5, 0.6) is 0 Å². The van der Waals surface area contributed by atoms with Crippen LogP contribution in [0.1, 0.15) is 37.1 Å². The summed E-state index contributed by atoms with van der Waals surface area (Å²) in [4.78, 5) is 1.44. The Morgan fingerprint density at radius 1 is 1.55 bits per heavy atom. The summed E-state index contributed by atoms with van der Waals surface area (Å²) in [7, 11) is 0. The van der Waals surface area contributed by atoms with E-state index >= 15 is 0 Å². The SMILES string of the molecule is CCc1cc(Cl)sc1C(C)C. The summed E-state index contributed by atoms with van der Waals surface area (Å²) in [5, 5.41) is 0. The van der Waals surface area contributed by atoms with Crippen LogP contribution in [0.4, 0.5) is 0 Å². The number of aryl methyl sites for hydroxylation is 1. The smallest absolute Gasteiger partial charge is 0.0934 e. The first kappa shape index (κ1) is 9.08. The molecule has 0 N–H and O–H groups in total. The van der Waals surface area contributed by atoms with Crippen molar-refractivity contribution in [2.45, 2.75) is 33.1 Å². The van der Waals surface area contributed by atoms with Gasteiger partial charge in [0, 0.05) is 4.88 Å². The minimum Gasteiger partial charge on any atom is -0.128 e. The lowest BCUT2D eigenvalue weighted by Crippen LogP contribution is -1.87. The van der Waals surface area contributed by atoms with Gasteiger partial charge >= 0.3 is 0 Å². The average Bonchev–Trinajstić information content (AvgIpc) is 2.30. The van der Waals surface area contributed by atoms with Gasteiger partial charge in [0.05, 0.1) is 4.34 Å². The van der Waals surface area contributed by atoms with E-state index in [1.165, 1.54) is 10.4 Å². The maximum atomic E-state index is 5.91. The summed E-state index contributed by atoms with van der Waals surface area (Å²) in [6, 6.07) is 2.08. The molecule has 0 saturated carbocycles. The Kier molecular flexibility index (Phi) is 2.97. The molecule has 0 aliphatic carbocycles. The van der Waals surface area contributed by atoms with Gasteiger partial charge in [0.2, 0.25) is 0 Å². The normalized spacial score (nSPS) is 11.0. The maximum absolute atomic E-state index is 5.91.